The van der Waals surface area contributed by atoms with Crippen LogP contribution in [-0.4, -0.2) is 70.1 Å². The number of aromatic amines is 1. The number of nitrogens with zero attached hydrogens (tertiary/aromatic N) is 3. The maximum absolute atomic E-state index is 13.0. The third kappa shape index (κ3) is 4.84. The summed E-state index contributed by atoms with van der Waals surface area (Å²) in [6.45, 7) is 1.42. The fraction of sp³-hybridized carbons (Fsp3) is 0.292. The Labute approximate surface area is 209 Å². The molecule has 2 aliphatic rings. The van der Waals surface area contributed by atoms with Crippen LogP contribution < -0.4 is 15.0 Å². The number of β-amino-alcohol motifs (C(OH)–C–C–N with tert-alkyl or cyclic N) is 1. The Bertz CT molecular complexity index is 1320. The second-order valence-electron chi connectivity index (χ2n) is 8.74. The summed E-state index contributed by atoms with van der Waals surface area (Å²) < 4.78 is 29.9. The van der Waals surface area contributed by atoms with Gasteiger partial charge in [0.1, 0.15) is 17.3 Å². The summed E-state index contributed by atoms with van der Waals surface area (Å²) in [4.78, 5) is 36.8. The summed E-state index contributed by atoms with van der Waals surface area (Å²) in [6.07, 6.45) is 1.67. The molecule has 36 heavy (non-hydrogen) atoms. The molecule has 0 aliphatic carbocycles. The number of ether oxygens (including phenoxy) is 1. The van der Waals surface area contributed by atoms with E-state index >= 15 is 0 Å². The lowest BCUT2D eigenvalue weighted by Crippen LogP contribution is -2.51. The number of amides is 2. The molecule has 12 heteroatoms. The molecule has 9 nitrogen and oxygen atoms in total. The summed E-state index contributed by atoms with van der Waals surface area (Å²) in [7, 11) is 1.74. The minimum absolute atomic E-state index is 0.107. The molecule has 0 atom stereocenters. The Morgan fingerprint density at radius 2 is 2.00 bits per heavy atom. The maximum Gasteiger partial charge on any atom is 0.487 e. The summed E-state index contributed by atoms with van der Waals surface area (Å²) in [5, 5.41) is 12.5. The third-order valence-electron chi connectivity index (χ3n) is 6.10. The summed E-state index contributed by atoms with van der Waals surface area (Å²) in [6, 6.07) is 8.88. The van der Waals surface area contributed by atoms with Gasteiger partial charge in [-0.25, -0.2) is 4.98 Å². The highest BCUT2D eigenvalue weighted by Gasteiger charge is 2.31. The molecule has 1 aromatic carbocycles. The Kier molecular flexibility index (Phi) is 6.05. The first-order valence-electron chi connectivity index (χ1n) is 11.2. The summed E-state index contributed by atoms with van der Waals surface area (Å²) in [5.41, 5.74) is -0.573. The number of alkyl halides is 3. The average Bonchev–Trinajstić information content (AvgIpc) is 3.24. The van der Waals surface area contributed by atoms with Crippen molar-refractivity contribution in [2.75, 3.05) is 36.9 Å². The van der Waals surface area contributed by atoms with Crippen LogP contribution in [0.1, 0.15) is 26.4 Å². The van der Waals surface area contributed by atoms with E-state index in [1.165, 1.54) is 30.5 Å². The van der Waals surface area contributed by atoms with Gasteiger partial charge >= 0.3 is 5.57 Å². The number of rotatable bonds is 6. The SMILES string of the molecule is CN1CCc2cc(-c3cc(C(=O)Nc4ccc(OC(F)(F)Cl)cc4)cnc3N3CC(O)C3)[nH]c2C1=O. The first kappa shape index (κ1) is 24.0. The molecule has 0 unspecified atom stereocenters. The quantitative estimate of drug-likeness (QED) is 0.433. The highest BCUT2D eigenvalue weighted by Crippen LogP contribution is 2.34. The Balaban J connectivity index is 1.43. The normalized spacial score (nSPS) is 16.0. The van der Waals surface area contributed by atoms with Crippen LogP contribution in [0.25, 0.3) is 11.3 Å². The van der Waals surface area contributed by atoms with E-state index in [1.54, 1.807) is 18.0 Å². The zero-order valence-corrected chi connectivity index (χ0v) is 19.9. The Hall–Kier alpha value is -3.70. The molecule has 2 aromatic heterocycles. The molecule has 188 valence electrons. The van der Waals surface area contributed by atoms with Gasteiger partial charge in [0, 0.05) is 55.7 Å². The van der Waals surface area contributed by atoms with Gasteiger partial charge < -0.3 is 29.9 Å². The van der Waals surface area contributed by atoms with Gasteiger partial charge in [-0.1, -0.05) is 0 Å². The van der Waals surface area contributed by atoms with Crippen molar-refractivity contribution in [3.05, 3.63) is 59.4 Å². The van der Waals surface area contributed by atoms with Gasteiger partial charge in [0.05, 0.1) is 17.4 Å². The lowest BCUT2D eigenvalue weighted by atomic mass is 10.0. The van der Waals surface area contributed by atoms with E-state index in [4.69, 9.17) is 11.6 Å². The molecule has 3 N–H and O–H groups in total. The first-order valence-corrected chi connectivity index (χ1v) is 11.5. The molecule has 2 aliphatic heterocycles. The molecule has 0 radical (unpaired) electrons. The van der Waals surface area contributed by atoms with Crippen LogP contribution >= 0.6 is 11.6 Å². The fourth-order valence-corrected chi connectivity index (χ4v) is 4.30. The van der Waals surface area contributed by atoms with E-state index in [0.717, 1.165) is 5.56 Å². The lowest BCUT2D eigenvalue weighted by molar-refractivity contribution is -0.0964. The first-order chi connectivity index (χ1) is 17.1. The molecule has 0 bridgehead atoms. The average molecular weight is 518 g/mol. The monoisotopic (exact) mass is 517 g/mol. The lowest BCUT2D eigenvalue weighted by Gasteiger charge is -2.37. The highest BCUT2D eigenvalue weighted by atomic mass is 35.5. The number of anilines is 2. The topological polar surface area (TPSA) is 111 Å². The summed E-state index contributed by atoms with van der Waals surface area (Å²) in [5.74, 6) is -0.152. The van der Waals surface area contributed by atoms with Crippen molar-refractivity contribution in [2.24, 2.45) is 0 Å². The molecule has 5 rings (SSSR count). The van der Waals surface area contributed by atoms with Crippen molar-refractivity contribution in [1.29, 1.82) is 0 Å². The minimum Gasteiger partial charge on any atom is -0.420 e. The predicted molar refractivity (Wildman–Crippen MR) is 129 cm³/mol. The number of nitrogens with one attached hydrogen (secondary N) is 2. The number of carbonyl (C=O) groups excluding carboxylic acids is 2. The molecule has 2 amide bonds. The van der Waals surface area contributed by atoms with Crippen LogP contribution in [0.4, 0.5) is 20.3 Å². The molecule has 4 heterocycles. The van der Waals surface area contributed by atoms with E-state index < -0.39 is 17.6 Å². The van der Waals surface area contributed by atoms with E-state index in [1.807, 2.05) is 11.0 Å². The third-order valence-corrected chi connectivity index (χ3v) is 6.18. The van der Waals surface area contributed by atoms with Gasteiger partial charge in [0.2, 0.25) is 0 Å². The number of aliphatic hydroxyl groups excluding tert-OH is 1. The van der Waals surface area contributed by atoms with Gasteiger partial charge in [-0.2, -0.15) is 0 Å². The number of likely N-dealkylation sites (N-methyl/N-ethyl adjacent to an activating group) is 1. The Morgan fingerprint density at radius 3 is 2.67 bits per heavy atom. The summed E-state index contributed by atoms with van der Waals surface area (Å²) >= 11 is 4.77. The number of carbonyl (C=O) groups is 2. The molecular weight excluding hydrogens is 496 g/mol. The van der Waals surface area contributed by atoms with Crippen LogP contribution in [0.15, 0.2) is 42.6 Å². The fourth-order valence-electron chi connectivity index (χ4n) is 4.21. The number of hydrogen-bond donors (Lipinski definition) is 3. The Morgan fingerprint density at radius 1 is 1.28 bits per heavy atom. The number of aliphatic hydroxyl groups is 1. The van der Waals surface area contributed by atoms with Crippen LogP contribution in [0, 0.1) is 0 Å². The molecule has 0 spiro atoms. The van der Waals surface area contributed by atoms with Crippen molar-refractivity contribution in [1.82, 2.24) is 14.9 Å². The number of hydrogen-bond acceptors (Lipinski definition) is 6. The minimum atomic E-state index is -3.84. The number of halogens is 3. The van der Waals surface area contributed by atoms with E-state index in [9.17, 15) is 23.5 Å². The number of pyridine rings is 1. The van der Waals surface area contributed by atoms with Crippen LogP contribution in [0.3, 0.4) is 0 Å². The number of fused-ring (bicyclic) bond motifs is 1. The van der Waals surface area contributed by atoms with Crippen LogP contribution in [0.2, 0.25) is 0 Å². The molecule has 1 saturated heterocycles. The smallest absolute Gasteiger partial charge is 0.420 e. The maximum atomic E-state index is 13.0. The van der Waals surface area contributed by atoms with Crippen molar-refractivity contribution in [2.45, 2.75) is 18.1 Å². The van der Waals surface area contributed by atoms with Gasteiger partial charge in [-0.05, 0) is 48.4 Å². The van der Waals surface area contributed by atoms with E-state index in [2.05, 4.69) is 20.0 Å². The zero-order valence-electron chi connectivity index (χ0n) is 19.1. The standard InChI is InChI=1S/C24H22ClF2N5O4/c1-31-7-6-13-9-19(30-20(13)23(31)35)18-8-14(10-28-21(18)32-11-16(33)12-32)22(34)29-15-2-4-17(5-3-15)36-24(25,26)27/h2-5,8-10,16,30,33H,6-7,11-12H2,1H3,(H,29,34). The van der Waals surface area contributed by atoms with Gasteiger partial charge in [-0.3, -0.25) is 9.59 Å². The van der Waals surface area contributed by atoms with Gasteiger partial charge in [0.25, 0.3) is 11.8 Å². The van der Waals surface area contributed by atoms with Crippen molar-refractivity contribution in [3.8, 4) is 17.0 Å². The van der Waals surface area contributed by atoms with E-state index in [-0.39, 0.29) is 17.2 Å². The zero-order chi connectivity index (χ0) is 25.6. The number of benzene rings is 1. The number of H-pyrrole nitrogens is 1. The van der Waals surface area contributed by atoms with Crippen molar-refractivity contribution >= 4 is 34.9 Å². The van der Waals surface area contributed by atoms with Crippen LogP contribution in [-0.2, 0) is 6.42 Å². The highest BCUT2D eigenvalue weighted by molar-refractivity contribution is 6.20. The van der Waals surface area contributed by atoms with Crippen molar-refractivity contribution < 1.29 is 28.2 Å². The largest absolute Gasteiger partial charge is 0.487 e. The second kappa shape index (κ2) is 9.07. The molecule has 1 fully saturated rings. The molecule has 0 saturated carbocycles. The second-order valence-corrected chi connectivity index (χ2v) is 9.18. The van der Waals surface area contributed by atoms with Gasteiger partial charge in [0.15, 0.2) is 0 Å². The number of aromatic nitrogens is 2. The van der Waals surface area contributed by atoms with Crippen LogP contribution in [0.5, 0.6) is 5.75 Å². The predicted octanol–water partition coefficient (Wildman–Crippen LogP) is 3.31. The van der Waals surface area contributed by atoms with Crippen molar-refractivity contribution in [3.63, 3.8) is 0 Å². The van der Waals surface area contributed by atoms with Gasteiger partial charge in [-0.15, -0.1) is 8.78 Å². The molecule has 3 aromatic rings. The molecular formula is C24H22ClF2N5O4. The van der Waals surface area contributed by atoms with E-state index in [0.29, 0.717) is 54.5 Å².